The minimum Gasteiger partial charge on any atom is -0.352 e. The van der Waals surface area contributed by atoms with Crippen molar-refractivity contribution in [3.05, 3.63) is 55.0 Å². The second kappa shape index (κ2) is 4.13. The first-order valence-electron chi connectivity index (χ1n) is 4.84. The smallest absolute Gasteiger partial charge is 0.220 e. The summed E-state index contributed by atoms with van der Waals surface area (Å²) in [7, 11) is 0. The van der Waals surface area contributed by atoms with Crippen molar-refractivity contribution in [3.8, 4) is 0 Å². The Hall–Kier alpha value is -1.83. The van der Waals surface area contributed by atoms with E-state index < -0.39 is 0 Å². The monoisotopic (exact) mass is 198 g/mol. The van der Waals surface area contributed by atoms with Crippen molar-refractivity contribution in [3.63, 3.8) is 0 Å². The number of hydrogen-bond acceptors (Lipinski definition) is 1. The average Bonchev–Trinajstić information content (AvgIpc) is 2.26. The molecule has 1 N–H and O–H groups in total. The van der Waals surface area contributed by atoms with E-state index in [1.807, 2.05) is 24.3 Å². The van der Waals surface area contributed by atoms with Gasteiger partial charge in [-0.1, -0.05) is 42.5 Å². The third-order valence-electron chi connectivity index (χ3n) is 2.36. The second-order valence-corrected chi connectivity index (χ2v) is 3.42. The van der Waals surface area contributed by atoms with Crippen LogP contribution < -0.4 is 5.32 Å². The Morgan fingerprint density at radius 3 is 2.67 bits per heavy atom. The van der Waals surface area contributed by atoms with Gasteiger partial charge in [-0.25, -0.2) is 0 Å². The van der Waals surface area contributed by atoms with Gasteiger partial charge < -0.3 is 5.32 Å². The van der Waals surface area contributed by atoms with Crippen molar-refractivity contribution in [2.24, 2.45) is 0 Å². The molecule has 0 aromatic heterocycles. The summed E-state index contributed by atoms with van der Waals surface area (Å²) in [6.07, 6.45) is 0. The van der Waals surface area contributed by atoms with Crippen LogP contribution in [0.15, 0.2) is 42.5 Å². The molecule has 0 spiro atoms. The van der Waals surface area contributed by atoms with Gasteiger partial charge in [0.2, 0.25) is 5.91 Å². The third kappa shape index (κ3) is 2.15. The molecule has 0 saturated heterocycles. The van der Waals surface area contributed by atoms with E-state index in [9.17, 15) is 4.79 Å². The highest BCUT2D eigenvalue weighted by molar-refractivity contribution is 5.86. The SMILES string of the molecule is [CH2]C(=O)NCc1cccc2ccccc12. The number of amides is 1. The fraction of sp³-hybridized carbons (Fsp3) is 0.0769. The van der Waals surface area contributed by atoms with Crippen molar-refractivity contribution >= 4 is 16.7 Å². The maximum absolute atomic E-state index is 10.7. The van der Waals surface area contributed by atoms with Crippen LogP contribution in [0.25, 0.3) is 10.8 Å². The zero-order chi connectivity index (χ0) is 10.7. The lowest BCUT2D eigenvalue weighted by molar-refractivity contribution is -0.116. The normalized spacial score (nSPS) is 10.2. The molecule has 0 fully saturated rings. The molecule has 2 heteroatoms. The van der Waals surface area contributed by atoms with Gasteiger partial charge in [0.1, 0.15) is 0 Å². The van der Waals surface area contributed by atoms with Crippen molar-refractivity contribution in [2.45, 2.75) is 6.54 Å². The zero-order valence-corrected chi connectivity index (χ0v) is 8.36. The molecule has 2 rings (SSSR count). The molecule has 0 unspecified atom stereocenters. The van der Waals surface area contributed by atoms with E-state index in [0.29, 0.717) is 6.54 Å². The van der Waals surface area contributed by atoms with Crippen LogP contribution in [0.1, 0.15) is 5.56 Å². The van der Waals surface area contributed by atoms with E-state index >= 15 is 0 Å². The van der Waals surface area contributed by atoms with Crippen molar-refractivity contribution in [1.82, 2.24) is 5.32 Å². The molecule has 0 aliphatic carbocycles. The van der Waals surface area contributed by atoms with Crippen LogP contribution in [0.4, 0.5) is 0 Å². The fourth-order valence-electron chi connectivity index (χ4n) is 1.64. The van der Waals surface area contributed by atoms with Crippen LogP contribution in [0.5, 0.6) is 0 Å². The molecule has 1 amide bonds. The highest BCUT2D eigenvalue weighted by Gasteiger charge is 2.00. The standard InChI is InChI=1S/C13H12NO/c1-10(15)14-9-12-7-4-6-11-5-2-3-8-13(11)12/h2-8H,1,9H2,(H,14,15). The Morgan fingerprint density at radius 2 is 1.87 bits per heavy atom. The summed E-state index contributed by atoms with van der Waals surface area (Å²) in [6.45, 7) is 3.82. The quantitative estimate of drug-likeness (QED) is 0.788. The van der Waals surface area contributed by atoms with Gasteiger partial charge >= 0.3 is 0 Å². The number of hydrogen-bond donors (Lipinski definition) is 1. The molecule has 0 aliphatic heterocycles. The van der Waals surface area contributed by atoms with Gasteiger partial charge in [-0.2, -0.15) is 0 Å². The third-order valence-corrected chi connectivity index (χ3v) is 2.36. The molecule has 0 atom stereocenters. The van der Waals surface area contributed by atoms with Gasteiger partial charge in [-0.3, -0.25) is 4.79 Å². The van der Waals surface area contributed by atoms with Crippen LogP contribution in [0.2, 0.25) is 0 Å². The summed E-state index contributed by atoms with van der Waals surface area (Å²) in [5.74, 6) is -0.247. The summed E-state index contributed by atoms with van der Waals surface area (Å²) in [4.78, 5) is 10.7. The lowest BCUT2D eigenvalue weighted by atomic mass is 10.0. The van der Waals surface area contributed by atoms with E-state index in [4.69, 9.17) is 0 Å². The second-order valence-electron chi connectivity index (χ2n) is 3.42. The first kappa shape index (κ1) is 9.71. The van der Waals surface area contributed by atoms with Crippen LogP contribution in [-0.4, -0.2) is 5.91 Å². The lowest BCUT2D eigenvalue weighted by Gasteiger charge is -2.06. The molecule has 2 aromatic carbocycles. The topological polar surface area (TPSA) is 29.1 Å². The van der Waals surface area contributed by atoms with Gasteiger partial charge in [0.15, 0.2) is 0 Å². The summed E-state index contributed by atoms with van der Waals surface area (Å²) < 4.78 is 0. The Morgan fingerprint density at radius 1 is 1.13 bits per heavy atom. The van der Waals surface area contributed by atoms with Gasteiger partial charge in [0.25, 0.3) is 0 Å². The predicted octanol–water partition coefficient (Wildman–Crippen LogP) is 2.29. The average molecular weight is 198 g/mol. The lowest BCUT2D eigenvalue weighted by Crippen LogP contribution is -2.19. The van der Waals surface area contributed by atoms with Crippen molar-refractivity contribution < 1.29 is 4.79 Å². The van der Waals surface area contributed by atoms with Crippen LogP contribution in [0.3, 0.4) is 0 Å². The van der Waals surface area contributed by atoms with Crippen LogP contribution in [-0.2, 0) is 11.3 Å². The zero-order valence-electron chi connectivity index (χ0n) is 8.36. The van der Waals surface area contributed by atoms with E-state index in [0.717, 1.165) is 5.56 Å². The Bertz CT molecular complexity index is 485. The first-order valence-corrected chi connectivity index (χ1v) is 4.84. The molecule has 0 saturated carbocycles. The highest BCUT2D eigenvalue weighted by Crippen LogP contribution is 2.17. The van der Waals surface area contributed by atoms with Crippen molar-refractivity contribution in [2.75, 3.05) is 0 Å². The molecule has 2 aromatic rings. The van der Waals surface area contributed by atoms with Crippen molar-refractivity contribution in [1.29, 1.82) is 0 Å². The summed E-state index contributed by atoms with van der Waals surface area (Å²) in [5, 5.41) is 5.07. The van der Waals surface area contributed by atoms with E-state index in [1.54, 1.807) is 0 Å². The number of carbonyl (C=O) groups excluding carboxylic acids is 1. The number of benzene rings is 2. The molecule has 0 aliphatic rings. The van der Waals surface area contributed by atoms with Crippen LogP contribution in [0, 0.1) is 6.92 Å². The molecule has 15 heavy (non-hydrogen) atoms. The van der Waals surface area contributed by atoms with Gasteiger partial charge in [-0.15, -0.1) is 0 Å². The Kier molecular flexibility index (Phi) is 2.68. The molecule has 2 nitrogen and oxygen atoms in total. The number of fused-ring (bicyclic) bond motifs is 1. The number of carbonyl (C=O) groups is 1. The largest absolute Gasteiger partial charge is 0.352 e. The van der Waals surface area contributed by atoms with Gasteiger partial charge in [0.05, 0.1) is 0 Å². The van der Waals surface area contributed by atoms with Gasteiger partial charge in [0, 0.05) is 13.5 Å². The first-order chi connectivity index (χ1) is 7.27. The van der Waals surface area contributed by atoms with Crippen LogP contribution >= 0.6 is 0 Å². The predicted molar refractivity (Wildman–Crippen MR) is 61.2 cm³/mol. The number of nitrogens with one attached hydrogen (secondary N) is 1. The Balaban J connectivity index is 2.38. The molecule has 0 heterocycles. The van der Waals surface area contributed by atoms with E-state index in [1.165, 1.54) is 10.8 Å². The molecular weight excluding hydrogens is 186 g/mol. The number of rotatable bonds is 2. The minimum absolute atomic E-state index is 0.247. The maximum atomic E-state index is 10.7. The molecule has 1 radical (unpaired) electrons. The maximum Gasteiger partial charge on any atom is 0.220 e. The highest BCUT2D eigenvalue weighted by atomic mass is 16.1. The van der Waals surface area contributed by atoms with E-state index in [2.05, 4.69) is 30.4 Å². The minimum atomic E-state index is -0.247. The fourth-order valence-corrected chi connectivity index (χ4v) is 1.64. The molecular formula is C13H12NO. The summed E-state index contributed by atoms with van der Waals surface area (Å²) in [6, 6.07) is 14.2. The Labute approximate surface area is 88.9 Å². The summed E-state index contributed by atoms with van der Waals surface area (Å²) >= 11 is 0. The van der Waals surface area contributed by atoms with Gasteiger partial charge in [-0.05, 0) is 16.3 Å². The molecule has 75 valence electrons. The summed E-state index contributed by atoms with van der Waals surface area (Å²) in [5.41, 5.74) is 1.12. The molecule has 0 bridgehead atoms. The van der Waals surface area contributed by atoms with E-state index in [-0.39, 0.29) is 5.91 Å².